The van der Waals surface area contributed by atoms with Gasteiger partial charge in [-0.2, -0.15) is 4.73 Å². The first-order chi connectivity index (χ1) is 15.3. The van der Waals surface area contributed by atoms with Gasteiger partial charge >= 0.3 is 17.6 Å². The number of carbonyl (C=O) groups is 2. The van der Waals surface area contributed by atoms with Gasteiger partial charge in [0.05, 0.1) is 36.4 Å². The number of hydrogen-bond acceptors (Lipinski definition) is 8. The van der Waals surface area contributed by atoms with Gasteiger partial charge in [0, 0.05) is 12.1 Å². The molecule has 168 valence electrons. The summed E-state index contributed by atoms with van der Waals surface area (Å²) in [6, 6.07) is 7.18. The van der Waals surface area contributed by atoms with E-state index in [0.717, 1.165) is 0 Å². The molecule has 0 unspecified atom stereocenters. The number of ether oxygens (including phenoxy) is 4. The molecule has 0 radical (unpaired) electrons. The van der Waals surface area contributed by atoms with Gasteiger partial charge in [-0.1, -0.05) is 23.2 Å². The van der Waals surface area contributed by atoms with Crippen molar-refractivity contribution in [3.63, 3.8) is 0 Å². The van der Waals surface area contributed by atoms with E-state index in [1.807, 2.05) is 0 Å². The molecule has 0 aliphatic rings. The zero-order valence-corrected chi connectivity index (χ0v) is 18.8. The molecule has 32 heavy (non-hydrogen) atoms. The summed E-state index contributed by atoms with van der Waals surface area (Å²) in [4.78, 5) is 29.3. The standard InChI is InChI=1S/C21H18Cl2N2O7/c1-4-31-21(27)19-17(24-16-8-14(22)15(23)9-18(16)25(19)28)10-32-20(26)11-5-12(29-2)7-13(6-11)30-3/h5-9H,4,10H2,1-3H3. The fourth-order valence-electron chi connectivity index (χ4n) is 2.86. The van der Waals surface area contributed by atoms with Gasteiger partial charge in [0.25, 0.3) is 0 Å². The minimum Gasteiger partial charge on any atom is -0.618 e. The van der Waals surface area contributed by atoms with E-state index in [-0.39, 0.29) is 38.9 Å². The van der Waals surface area contributed by atoms with Crippen LogP contribution in [0.5, 0.6) is 11.5 Å². The summed E-state index contributed by atoms with van der Waals surface area (Å²) in [5.74, 6) is -0.893. The molecule has 3 rings (SSSR count). The topological polar surface area (TPSA) is 111 Å². The summed E-state index contributed by atoms with van der Waals surface area (Å²) in [7, 11) is 2.89. The number of carbonyl (C=O) groups excluding carboxylic acids is 2. The van der Waals surface area contributed by atoms with Gasteiger partial charge in [-0.15, -0.1) is 0 Å². The lowest BCUT2D eigenvalue weighted by Gasteiger charge is -2.12. The Morgan fingerprint density at radius 2 is 1.59 bits per heavy atom. The molecule has 0 amide bonds. The Kier molecular flexibility index (Phi) is 7.22. The maximum atomic E-state index is 12.9. The smallest absolute Gasteiger partial charge is 0.407 e. The lowest BCUT2D eigenvalue weighted by atomic mass is 10.2. The largest absolute Gasteiger partial charge is 0.618 e. The highest BCUT2D eigenvalue weighted by atomic mass is 35.5. The maximum absolute atomic E-state index is 12.9. The zero-order chi connectivity index (χ0) is 23.4. The molecule has 0 N–H and O–H groups in total. The molecule has 11 heteroatoms. The van der Waals surface area contributed by atoms with Crippen molar-refractivity contribution in [1.29, 1.82) is 0 Å². The van der Waals surface area contributed by atoms with Gasteiger partial charge in [0.1, 0.15) is 23.6 Å². The van der Waals surface area contributed by atoms with E-state index >= 15 is 0 Å². The third-order valence-corrected chi connectivity index (χ3v) is 5.09. The number of esters is 2. The third kappa shape index (κ3) is 4.79. The Hall–Kier alpha value is -3.30. The van der Waals surface area contributed by atoms with E-state index in [2.05, 4.69) is 4.98 Å². The molecule has 1 aromatic heterocycles. The van der Waals surface area contributed by atoms with Crippen molar-refractivity contribution in [2.24, 2.45) is 0 Å². The Morgan fingerprint density at radius 3 is 2.19 bits per heavy atom. The van der Waals surface area contributed by atoms with Gasteiger partial charge in [-0.25, -0.2) is 14.6 Å². The molecule has 9 nitrogen and oxygen atoms in total. The number of methoxy groups -OCH3 is 2. The molecule has 0 atom stereocenters. The molecule has 1 heterocycles. The number of nitrogens with zero attached hydrogens (tertiary/aromatic N) is 2. The van der Waals surface area contributed by atoms with Crippen molar-refractivity contribution >= 4 is 46.2 Å². The SMILES string of the molecule is CCOC(=O)c1c(COC(=O)c2cc(OC)cc(OC)c2)nc2cc(Cl)c(Cl)cc2[n+]1[O-]. The fourth-order valence-corrected chi connectivity index (χ4v) is 3.17. The van der Waals surface area contributed by atoms with Crippen molar-refractivity contribution in [3.05, 3.63) is 62.5 Å². The molecule has 0 aliphatic heterocycles. The van der Waals surface area contributed by atoms with Crippen LogP contribution in [0.15, 0.2) is 30.3 Å². The summed E-state index contributed by atoms with van der Waals surface area (Å²) in [5.41, 5.74) is -0.211. The van der Waals surface area contributed by atoms with Crippen LogP contribution < -0.4 is 14.2 Å². The predicted molar refractivity (Wildman–Crippen MR) is 115 cm³/mol. The van der Waals surface area contributed by atoms with Crippen molar-refractivity contribution in [2.75, 3.05) is 20.8 Å². The average Bonchev–Trinajstić information content (AvgIpc) is 2.78. The quantitative estimate of drug-likeness (QED) is 0.285. The Morgan fingerprint density at radius 1 is 0.969 bits per heavy atom. The van der Waals surface area contributed by atoms with Crippen molar-refractivity contribution < 1.29 is 33.3 Å². The first kappa shape index (κ1) is 23.4. The van der Waals surface area contributed by atoms with Gasteiger partial charge < -0.3 is 24.2 Å². The summed E-state index contributed by atoms with van der Waals surface area (Å²) < 4.78 is 20.9. The van der Waals surface area contributed by atoms with Crippen LogP contribution in [0.4, 0.5) is 0 Å². The molecule has 0 fully saturated rings. The van der Waals surface area contributed by atoms with E-state index in [4.69, 9.17) is 42.1 Å². The molecule has 3 aromatic rings. The molecular weight excluding hydrogens is 463 g/mol. The minimum absolute atomic E-state index is 0.00932. The lowest BCUT2D eigenvalue weighted by Crippen LogP contribution is -2.39. The van der Waals surface area contributed by atoms with Gasteiger partial charge in [-0.05, 0) is 25.1 Å². The van der Waals surface area contributed by atoms with Gasteiger partial charge in [0.2, 0.25) is 5.52 Å². The predicted octanol–water partition coefficient (Wildman–Crippen LogP) is 3.73. The van der Waals surface area contributed by atoms with E-state index < -0.39 is 24.2 Å². The van der Waals surface area contributed by atoms with E-state index in [1.54, 1.807) is 13.0 Å². The van der Waals surface area contributed by atoms with Gasteiger partial charge in [-0.3, -0.25) is 0 Å². The van der Waals surface area contributed by atoms with Crippen LogP contribution in [0.2, 0.25) is 10.0 Å². The number of fused-ring (bicyclic) bond motifs is 1. The average molecular weight is 481 g/mol. The number of hydrogen-bond donors (Lipinski definition) is 0. The van der Waals surface area contributed by atoms with Gasteiger partial charge in [0.15, 0.2) is 5.69 Å². The number of benzene rings is 2. The minimum atomic E-state index is -0.919. The van der Waals surface area contributed by atoms with Crippen LogP contribution in [0.1, 0.15) is 33.5 Å². The lowest BCUT2D eigenvalue weighted by molar-refractivity contribution is -0.581. The monoisotopic (exact) mass is 480 g/mol. The zero-order valence-electron chi connectivity index (χ0n) is 17.3. The van der Waals surface area contributed by atoms with E-state index in [1.165, 1.54) is 38.5 Å². The Balaban J connectivity index is 2.00. The second kappa shape index (κ2) is 9.88. The van der Waals surface area contributed by atoms with Crippen LogP contribution in [0, 0.1) is 5.21 Å². The van der Waals surface area contributed by atoms with Crippen molar-refractivity contribution in [2.45, 2.75) is 13.5 Å². The highest BCUT2D eigenvalue weighted by molar-refractivity contribution is 6.42. The van der Waals surface area contributed by atoms with E-state index in [0.29, 0.717) is 16.2 Å². The molecule has 0 saturated heterocycles. The van der Waals surface area contributed by atoms with E-state index in [9.17, 15) is 14.8 Å². The number of aromatic nitrogens is 2. The second-order valence-corrected chi connectivity index (χ2v) is 7.17. The molecule has 2 aromatic carbocycles. The normalized spacial score (nSPS) is 10.7. The van der Waals surface area contributed by atoms with Crippen molar-refractivity contribution in [1.82, 2.24) is 4.98 Å². The molecule has 0 saturated carbocycles. The van der Waals surface area contributed by atoms with Crippen LogP contribution in [-0.4, -0.2) is 37.7 Å². The first-order valence-corrected chi connectivity index (χ1v) is 10.0. The Bertz CT molecular complexity index is 1180. The van der Waals surface area contributed by atoms with Crippen LogP contribution in [0.25, 0.3) is 11.0 Å². The number of rotatable bonds is 7. The highest BCUT2D eigenvalue weighted by Gasteiger charge is 2.29. The first-order valence-electron chi connectivity index (χ1n) is 9.27. The van der Waals surface area contributed by atoms with Crippen LogP contribution >= 0.6 is 23.2 Å². The Labute approximate surface area is 193 Å². The molecule has 0 spiro atoms. The second-order valence-electron chi connectivity index (χ2n) is 6.35. The summed E-state index contributed by atoms with van der Waals surface area (Å²) in [6.45, 7) is 1.14. The fraction of sp³-hybridized carbons (Fsp3) is 0.238. The molecular formula is C21H18Cl2N2O7. The maximum Gasteiger partial charge on any atom is 0.407 e. The van der Waals surface area contributed by atoms with Crippen molar-refractivity contribution in [3.8, 4) is 11.5 Å². The van der Waals surface area contributed by atoms with Crippen LogP contribution in [-0.2, 0) is 16.1 Å². The number of halogens is 2. The third-order valence-electron chi connectivity index (χ3n) is 4.36. The highest BCUT2D eigenvalue weighted by Crippen LogP contribution is 2.27. The molecule has 0 bridgehead atoms. The molecule has 0 aliphatic carbocycles. The van der Waals surface area contributed by atoms with Crippen LogP contribution in [0.3, 0.4) is 0 Å². The summed E-state index contributed by atoms with van der Waals surface area (Å²) in [5, 5.41) is 13.2. The summed E-state index contributed by atoms with van der Waals surface area (Å²) >= 11 is 12.0. The summed E-state index contributed by atoms with van der Waals surface area (Å²) in [6.07, 6.45) is 0.